The van der Waals surface area contributed by atoms with Crippen LogP contribution in [0.2, 0.25) is 0 Å². The van der Waals surface area contributed by atoms with Crippen molar-refractivity contribution in [3.63, 3.8) is 0 Å². The van der Waals surface area contributed by atoms with E-state index < -0.39 is 0 Å². The second-order valence-corrected chi connectivity index (χ2v) is 3.91. The second kappa shape index (κ2) is 5.36. The van der Waals surface area contributed by atoms with Crippen LogP contribution in [-0.4, -0.2) is 0 Å². The van der Waals surface area contributed by atoms with Crippen LogP contribution < -0.4 is 0 Å². The van der Waals surface area contributed by atoms with Gasteiger partial charge in [0.15, 0.2) is 0 Å². The summed E-state index contributed by atoms with van der Waals surface area (Å²) in [5.74, 6) is 0. The molecule has 0 aliphatic heterocycles. The molecule has 0 bridgehead atoms. The zero-order valence-electron chi connectivity index (χ0n) is 10.3. The number of nitriles is 4. The summed E-state index contributed by atoms with van der Waals surface area (Å²) in [5, 5.41) is 36.7. The van der Waals surface area contributed by atoms with E-state index in [1.54, 1.807) is 24.3 Å². The first-order chi connectivity index (χ1) is 9.76. The molecule has 0 atom stereocenters. The van der Waals surface area contributed by atoms with E-state index in [-0.39, 0.29) is 22.3 Å². The molecule has 4 heteroatoms. The Morgan fingerprint density at radius 2 is 1.25 bits per heavy atom. The minimum absolute atomic E-state index is 0.0482. The summed E-state index contributed by atoms with van der Waals surface area (Å²) in [6.07, 6.45) is 0. The van der Waals surface area contributed by atoms with Crippen molar-refractivity contribution in [1.82, 2.24) is 0 Å². The van der Waals surface area contributed by atoms with Gasteiger partial charge in [-0.15, -0.1) is 0 Å². The third-order valence-corrected chi connectivity index (χ3v) is 2.87. The molecule has 0 aromatic heterocycles. The van der Waals surface area contributed by atoms with Crippen molar-refractivity contribution in [2.45, 2.75) is 0 Å². The highest BCUT2D eigenvalue weighted by Crippen LogP contribution is 2.29. The fraction of sp³-hybridized carbons (Fsp3) is 0. The van der Waals surface area contributed by atoms with E-state index in [1.807, 2.05) is 30.3 Å². The molecule has 0 heterocycles. The van der Waals surface area contributed by atoms with Gasteiger partial charge in [0.25, 0.3) is 0 Å². The predicted octanol–water partition coefficient (Wildman–Crippen LogP) is 2.84. The molecule has 2 aromatic rings. The Morgan fingerprint density at radius 1 is 0.650 bits per heavy atom. The molecule has 2 aromatic carbocycles. The van der Waals surface area contributed by atoms with Gasteiger partial charge in [-0.3, -0.25) is 0 Å². The van der Waals surface area contributed by atoms with Crippen LogP contribution in [0.4, 0.5) is 0 Å². The van der Waals surface area contributed by atoms with Crippen molar-refractivity contribution >= 4 is 0 Å². The average Bonchev–Trinajstić information content (AvgIpc) is 2.53. The van der Waals surface area contributed by atoms with Crippen LogP contribution in [0.5, 0.6) is 0 Å². The fourth-order valence-electron chi connectivity index (χ4n) is 1.96. The summed E-state index contributed by atoms with van der Waals surface area (Å²) in [5.41, 5.74) is 1.33. The van der Waals surface area contributed by atoms with Gasteiger partial charge >= 0.3 is 0 Å². The molecule has 0 N–H and O–H groups in total. The molecule has 0 aliphatic rings. The molecule has 0 aliphatic carbocycles. The normalized spacial score (nSPS) is 8.80. The van der Waals surface area contributed by atoms with Gasteiger partial charge in [0.05, 0.1) is 22.3 Å². The first-order valence-electron chi connectivity index (χ1n) is 5.63. The zero-order valence-corrected chi connectivity index (χ0v) is 10.3. The Morgan fingerprint density at radius 3 is 1.75 bits per heavy atom. The van der Waals surface area contributed by atoms with Crippen molar-refractivity contribution in [3.05, 3.63) is 58.7 Å². The van der Waals surface area contributed by atoms with Crippen LogP contribution in [0.25, 0.3) is 11.1 Å². The minimum Gasteiger partial charge on any atom is -0.192 e. The van der Waals surface area contributed by atoms with Crippen LogP contribution in [0, 0.1) is 45.3 Å². The molecule has 2 rings (SSSR count). The molecule has 90 valence electrons. The summed E-state index contributed by atoms with van der Waals surface area (Å²) >= 11 is 0. The Balaban J connectivity index is 2.93. The van der Waals surface area contributed by atoms with Crippen molar-refractivity contribution in [1.29, 1.82) is 21.0 Å². The number of nitrogens with zero attached hydrogens (tertiary/aromatic N) is 4. The molecule has 4 nitrogen and oxygen atoms in total. The lowest BCUT2D eigenvalue weighted by Crippen LogP contribution is -1.98. The Labute approximate surface area is 116 Å². The van der Waals surface area contributed by atoms with E-state index in [0.717, 1.165) is 5.56 Å². The summed E-state index contributed by atoms with van der Waals surface area (Å²) in [7, 11) is 0. The van der Waals surface area contributed by atoms with Gasteiger partial charge in [0, 0.05) is 5.56 Å². The highest BCUT2D eigenvalue weighted by atomic mass is 14.3. The Kier molecular flexibility index (Phi) is 3.45. The summed E-state index contributed by atoms with van der Waals surface area (Å²) in [6, 6.07) is 18.0. The maximum absolute atomic E-state index is 9.28. The number of hydrogen-bond acceptors (Lipinski definition) is 4. The van der Waals surface area contributed by atoms with E-state index in [2.05, 4.69) is 0 Å². The lowest BCUT2D eigenvalue weighted by Gasteiger charge is -2.08. The average molecular weight is 254 g/mol. The maximum Gasteiger partial charge on any atom is 0.102 e. The molecule has 0 spiro atoms. The quantitative estimate of drug-likeness (QED) is 0.781. The van der Waals surface area contributed by atoms with Crippen LogP contribution in [0.15, 0.2) is 36.4 Å². The first-order valence-corrected chi connectivity index (χ1v) is 5.63. The largest absolute Gasteiger partial charge is 0.192 e. The standard InChI is InChI=1S/C16H6N4/c17-7-12-6-13(11-4-2-1-3-5-11)15(9-19)16(10-20)14(12)8-18/h1-6H. The Hall–Kier alpha value is -3.60. The highest BCUT2D eigenvalue weighted by Gasteiger charge is 2.18. The van der Waals surface area contributed by atoms with E-state index in [4.69, 9.17) is 10.5 Å². The molecule has 0 unspecified atom stereocenters. The lowest BCUT2D eigenvalue weighted by molar-refractivity contribution is 1.36. The molecular weight excluding hydrogens is 248 g/mol. The van der Waals surface area contributed by atoms with Crippen LogP contribution >= 0.6 is 0 Å². The van der Waals surface area contributed by atoms with Crippen LogP contribution in [0.3, 0.4) is 0 Å². The van der Waals surface area contributed by atoms with Crippen molar-refractivity contribution < 1.29 is 0 Å². The number of hydrogen-bond donors (Lipinski definition) is 0. The third-order valence-electron chi connectivity index (χ3n) is 2.87. The monoisotopic (exact) mass is 254 g/mol. The number of benzene rings is 2. The maximum atomic E-state index is 9.28. The van der Waals surface area contributed by atoms with Gasteiger partial charge in [-0.1, -0.05) is 30.3 Å². The topological polar surface area (TPSA) is 95.2 Å². The van der Waals surface area contributed by atoms with E-state index in [9.17, 15) is 10.5 Å². The third kappa shape index (κ3) is 1.95. The van der Waals surface area contributed by atoms with Crippen molar-refractivity contribution in [2.24, 2.45) is 0 Å². The second-order valence-electron chi connectivity index (χ2n) is 3.91. The van der Waals surface area contributed by atoms with Crippen LogP contribution in [0.1, 0.15) is 22.3 Å². The van der Waals surface area contributed by atoms with E-state index >= 15 is 0 Å². The fourth-order valence-corrected chi connectivity index (χ4v) is 1.96. The van der Waals surface area contributed by atoms with Gasteiger partial charge < -0.3 is 0 Å². The van der Waals surface area contributed by atoms with Crippen LogP contribution in [-0.2, 0) is 0 Å². The van der Waals surface area contributed by atoms with E-state index in [0.29, 0.717) is 5.56 Å². The van der Waals surface area contributed by atoms with E-state index in [1.165, 1.54) is 6.07 Å². The molecule has 0 radical (unpaired) electrons. The van der Waals surface area contributed by atoms with Gasteiger partial charge in [-0.2, -0.15) is 21.0 Å². The number of rotatable bonds is 1. The summed E-state index contributed by atoms with van der Waals surface area (Å²) in [6.45, 7) is 0. The zero-order chi connectivity index (χ0) is 14.5. The molecular formula is C16H6N4. The van der Waals surface area contributed by atoms with Gasteiger partial charge in [0.2, 0.25) is 0 Å². The molecule has 20 heavy (non-hydrogen) atoms. The smallest absolute Gasteiger partial charge is 0.102 e. The van der Waals surface area contributed by atoms with Gasteiger partial charge in [0.1, 0.15) is 24.3 Å². The van der Waals surface area contributed by atoms with Gasteiger partial charge in [-0.25, -0.2) is 0 Å². The molecule has 0 saturated carbocycles. The minimum atomic E-state index is -0.0498. The molecule has 0 fully saturated rings. The Bertz CT molecular complexity index is 838. The predicted molar refractivity (Wildman–Crippen MR) is 70.7 cm³/mol. The first kappa shape index (κ1) is 12.8. The van der Waals surface area contributed by atoms with Crippen molar-refractivity contribution in [2.75, 3.05) is 0 Å². The lowest BCUT2D eigenvalue weighted by atomic mass is 9.90. The summed E-state index contributed by atoms with van der Waals surface area (Å²) in [4.78, 5) is 0. The molecule has 0 saturated heterocycles. The summed E-state index contributed by atoms with van der Waals surface area (Å²) < 4.78 is 0. The van der Waals surface area contributed by atoms with Gasteiger partial charge in [-0.05, 0) is 11.6 Å². The van der Waals surface area contributed by atoms with Crippen molar-refractivity contribution in [3.8, 4) is 35.4 Å². The molecule has 0 amide bonds. The highest BCUT2D eigenvalue weighted by molar-refractivity contribution is 5.78. The SMILES string of the molecule is N#Cc1cc(-c2ccccc2)c(C#N)c(C#N)c1C#N.